The summed E-state index contributed by atoms with van der Waals surface area (Å²) in [5.41, 5.74) is 0. The summed E-state index contributed by atoms with van der Waals surface area (Å²) < 4.78 is 15.8. The molecule has 0 heterocycles. The van der Waals surface area contributed by atoms with E-state index in [1.54, 1.807) is 21.3 Å². The minimum Gasteiger partial charge on any atom is -0.369 e. The highest BCUT2D eigenvalue weighted by atomic mass is 32.4. The minimum atomic E-state index is -2.56. The second-order valence-corrected chi connectivity index (χ2v) is 8.99. The molecule has 0 aromatic heterocycles. The zero-order valence-corrected chi connectivity index (χ0v) is 13.1. The van der Waals surface area contributed by atoms with Crippen molar-refractivity contribution in [3.8, 4) is 0 Å². The van der Waals surface area contributed by atoms with E-state index in [1.807, 2.05) is 0 Å². The Labute approximate surface area is 109 Å². The van der Waals surface area contributed by atoms with Crippen LogP contribution in [0.5, 0.6) is 0 Å². The summed E-state index contributed by atoms with van der Waals surface area (Å²) >= 11 is 1.49. The number of rotatable bonds is 11. The molecule has 0 saturated heterocycles. The summed E-state index contributed by atoms with van der Waals surface area (Å²) in [5.74, 6) is 1.02. The molecule has 0 N–H and O–H groups in total. The Morgan fingerprint density at radius 2 is 1.65 bits per heavy atom. The molecule has 102 valence electrons. The highest BCUT2D eigenvalue weighted by Gasteiger charge is 2.39. The quantitative estimate of drug-likeness (QED) is 0.430. The number of Topliss-reactive ketones (excluding diaryl/α,β-unsaturated/α-hetero) is 1. The molecular weight excluding hydrogens is 256 g/mol. The molecule has 0 aliphatic rings. The van der Waals surface area contributed by atoms with Gasteiger partial charge in [0.1, 0.15) is 5.78 Å². The van der Waals surface area contributed by atoms with E-state index in [0.29, 0.717) is 24.4 Å². The maximum Gasteiger partial charge on any atom is 0.572 e. The Bertz CT molecular complexity index is 201. The van der Waals surface area contributed by atoms with E-state index in [2.05, 4.69) is 6.92 Å². The van der Waals surface area contributed by atoms with E-state index >= 15 is 0 Å². The molecule has 0 bridgehead atoms. The van der Waals surface area contributed by atoms with Crippen LogP contribution in [0.25, 0.3) is 0 Å². The van der Waals surface area contributed by atoms with Gasteiger partial charge in [-0.3, -0.25) is 4.79 Å². The molecule has 0 fully saturated rings. The lowest BCUT2D eigenvalue weighted by atomic mass is 10.1. The predicted octanol–water partition coefficient (Wildman–Crippen LogP) is 2.63. The Balaban J connectivity index is 3.77. The third-order valence-electron chi connectivity index (χ3n) is 2.47. The second kappa shape index (κ2) is 10.1. The van der Waals surface area contributed by atoms with E-state index in [4.69, 9.17) is 13.3 Å². The number of carbonyl (C=O) groups excluding carboxylic acids is 1. The van der Waals surface area contributed by atoms with Gasteiger partial charge >= 0.3 is 7.95 Å². The fraction of sp³-hybridized carbons (Fsp3) is 0.909. The number of unbranched alkanes of at least 4 members (excludes halogenated alkanes) is 2. The van der Waals surface area contributed by atoms with E-state index in [-0.39, 0.29) is 0 Å². The largest absolute Gasteiger partial charge is 0.572 e. The third kappa shape index (κ3) is 7.20. The van der Waals surface area contributed by atoms with Crippen molar-refractivity contribution in [3.05, 3.63) is 0 Å². The average Bonchev–Trinajstić information content (AvgIpc) is 2.36. The van der Waals surface area contributed by atoms with Crippen molar-refractivity contribution in [1.82, 2.24) is 0 Å². The molecule has 0 atom stereocenters. The molecule has 0 aromatic rings. The van der Waals surface area contributed by atoms with Crippen LogP contribution < -0.4 is 0 Å². The van der Waals surface area contributed by atoms with Crippen molar-refractivity contribution in [3.63, 3.8) is 0 Å². The molecule has 6 heteroatoms. The van der Waals surface area contributed by atoms with Crippen molar-refractivity contribution in [2.75, 3.05) is 27.1 Å². The number of hydrogen-bond acceptors (Lipinski definition) is 5. The van der Waals surface area contributed by atoms with Gasteiger partial charge in [0.25, 0.3) is 0 Å². The van der Waals surface area contributed by atoms with Crippen LogP contribution in [-0.4, -0.2) is 40.8 Å². The van der Waals surface area contributed by atoms with Gasteiger partial charge in [0.05, 0.1) is 0 Å². The van der Waals surface area contributed by atoms with Gasteiger partial charge in [0, 0.05) is 39.9 Å². The molecular formula is C11H24O4SSi. The van der Waals surface area contributed by atoms with Crippen molar-refractivity contribution in [2.45, 2.75) is 39.0 Å². The van der Waals surface area contributed by atoms with Gasteiger partial charge in [-0.15, -0.1) is 0 Å². The van der Waals surface area contributed by atoms with E-state index in [9.17, 15) is 4.79 Å². The summed E-state index contributed by atoms with van der Waals surface area (Å²) in [6.07, 6.45) is 4.54. The second-order valence-electron chi connectivity index (χ2n) is 3.71. The Hall–Kier alpha value is 0.117. The van der Waals surface area contributed by atoms with Crippen LogP contribution in [0.2, 0.25) is 0 Å². The summed E-state index contributed by atoms with van der Waals surface area (Å²) in [6.45, 7) is 2.13. The zero-order chi connectivity index (χ0) is 13.1. The van der Waals surface area contributed by atoms with Crippen LogP contribution in [0.3, 0.4) is 0 Å². The molecule has 0 saturated carbocycles. The van der Waals surface area contributed by atoms with E-state index < -0.39 is 7.95 Å². The van der Waals surface area contributed by atoms with Crippen molar-refractivity contribution in [2.24, 2.45) is 0 Å². The molecule has 0 amide bonds. The van der Waals surface area contributed by atoms with Gasteiger partial charge in [-0.2, -0.15) is 0 Å². The van der Waals surface area contributed by atoms with E-state index in [0.717, 1.165) is 19.3 Å². The molecule has 17 heavy (non-hydrogen) atoms. The molecule has 0 radical (unpaired) electrons. The monoisotopic (exact) mass is 280 g/mol. The van der Waals surface area contributed by atoms with Gasteiger partial charge in [-0.1, -0.05) is 31.0 Å². The highest BCUT2D eigenvalue weighted by Crippen LogP contribution is 2.23. The van der Waals surface area contributed by atoms with Crippen molar-refractivity contribution >= 4 is 24.9 Å². The maximum atomic E-state index is 11.5. The molecule has 0 spiro atoms. The first-order chi connectivity index (χ1) is 8.14. The Kier molecular flexibility index (Phi) is 10.1. The molecule has 0 aliphatic heterocycles. The first kappa shape index (κ1) is 17.1. The van der Waals surface area contributed by atoms with Crippen LogP contribution in [0.4, 0.5) is 0 Å². The molecule has 0 aliphatic carbocycles. The first-order valence-electron chi connectivity index (χ1n) is 5.95. The lowest BCUT2D eigenvalue weighted by Gasteiger charge is -2.22. The maximum absolute atomic E-state index is 11.5. The normalized spacial score (nSPS) is 11.8. The van der Waals surface area contributed by atoms with Gasteiger partial charge < -0.3 is 13.3 Å². The van der Waals surface area contributed by atoms with Gasteiger partial charge in [-0.25, -0.2) is 0 Å². The average molecular weight is 280 g/mol. The summed E-state index contributed by atoms with van der Waals surface area (Å²) in [5, 5.41) is 0. The van der Waals surface area contributed by atoms with Crippen LogP contribution in [-0.2, 0) is 18.1 Å². The van der Waals surface area contributed by atoms with Gasteiger partial charge in [-0.05, 0) is 6.42 Å². The lowest BCUT2D eigenvalue weighted by Crippen LogP contribution is -2.39. The SMILES string of the molecule is CCCCCC(=O)CCS[Si](OC)(OC)OC. The fourth-order valence-electron chi connectivity index (χ4n) is 1.41. The van der Waals surface area contributed by atoms with Gasteiger partial charge in [0.2, 0.25) is 0 Å². The Morgan fingerprint density at radius 3 is 2.12 bits per heavy atom. The van der Waals surface area contributed by atoms with Crippen LogP contribution in [0.15, 0.2) is 0 Å². The smallest absolute Gasteiger partial charge is 0.369 e. The first-order valence-corrected chi connectivity index (χ1v) is 9.38. The predicted molar refractivity (Wildman–Crippen MR) is 73.0 cm³/mol. The van der Waals surface area contributed by atoms with Crippen LogP contribution in [0, 0.1) is 0 Å². The van der Waals surface area contributed by atoms with E-state index in [1.165, 1.54) is 11.2 Å². The fourth-order valence-corrected chi connectivity index (χ4v) is 4.96. The number of ketones is 1. The number of carbonyl (C=O) groups is 1. The van der Waals surface area contributed by atoms with Crippen molar-refractivity contribution < 1.29 is 18.1 Å². The minimum absolute atomic E-state index is 0.317. The standard InChI is InChI=1S/C11H24O4SSi/c1-5-6-7-8-11(12)9-10-16-17(13-2,14-3)15-4/h5-10H2,1-4H3. The molecule has 0 aromatic carbocycles. The zero-order valence-electron chi connectivity index (χ0n) is 11.3. The van der Waals surface area contributed by atoms with Crippen molar-refractivity contribution in [1.29, 1.82) is 0 Å². The van der Waals surface area contributed by atoms with Gasteiger partial charge in [0.15, 0.2) is 0 Å². The lowest BCUT2D eigenvalue weighted by molar-refractivity contribution is -0.118. The highest BCUT2D eigenvalue weighted by molar-refractivity contribution is 8.26. The summed E-state index contributed by atoms with van der Waals surface area (Å²) in [7, 11) is 2.18. The summed E-state index contributed by atoms with van der Waals surface area (Å²) in [4.78, 5) is 11.5. The molecule has 4 nitrogen and oxygen atoms in total. The Morgan fingerprint density at radius 1 is 1.06 bits per heavy atom. The third-order valence-corrected chi connectivity index (χ3v) is 7.90. The molecule has 0 rings (SSSR count). The topological polar surface area (TPSA) is 44.8 Å². The molecule has 0 unspecified atom stereocenters. The van der Waals surface area contributed by atoms with Crippen LogP contribution >= 0.6 is 11.2 Å². The summed E-state index contributed by atoms with van der Waals surface area (Å²) in [6, 6.07) is 0. The van der Waals surface area contributed by atoms with Crippen LogP contribution in [0.1, 0.15) is 39.0 Å². The number of hydrogen-bond donors (Lipinski definition) is 0.